The van der Waals surface area contributed by atoms with Gasteiger partial charge in [-0.25, -0.2) is 0 Å². The average Bonchev–Trinajstić information content (AvgIpc) is 3.06. The molecule has 0 saturated heterocycles. The van der Waals surface area contributed by atoms with E-state index in [1.54, 1.807) is 0 Å². The summed E-state index contributed by atoms with van der Waals surface area (Å²) in [7, 11) is 2.93. The molecule has 0 atom stereocenters. The van der Waals surface area contributed by atoms with Crippen LogP contribution in [0.2, 0.25) is 30.7 Å². The van der Waals surface area contributed by atoms with Crippen LogP contribution in [0.5, 0.6) is 11.5 Å². The molecule has 1 aliphatic heterocycles. The van der Waals surface area contributed by atoms with Crippen LogP contribution in [-0.2, 0) is 22.8 Å². The monoisotopic (exact) mass is 498 g/mol. The van der Waals surface area contributed by atoms with Gasteiger partial charge in [0.05, 0.1) is 18.9 Å². The summed E-state index contributed by atoms with van der Waals surface area (Å²) in [6.07, 6.45) is 0. The van der Waals surface area contributed by atoms with Gasteiger partial charge in [-0.1, -0.05) is 49.4 Å². The van der Waals surface area contributed by atoms with Crippen molar-refractivity contribution in [3.8, 4) is 33.9 Å². The summed E-state index contributed by atoms with van der Waals surface area (Å²) in [5.74, 6) is 1.62. The molecule has 4 rings (SSSR count). The summed E-state index contributed by atoms with van der Waals surface area (Å²) in [4.78, 5) is 2.12. The first-order chi connectivity index (χ1) is 16.2. The number of benzene rings is 2. The van der Waals surface area contributed by atoms with Crippen molar-refractivity contribution in [2.75, 3.05) is 33.9 Å². The van der Waals surface area contributed by atoms with Crippen molar-refractivity contribution < 1.29 is 14.2 Å². The third kappa shape index (κ3) is 5.93. The maximum Gasteiger partial charge on any atom is 0.136 e. The van der Waals surface area contributed by atoms with Gasteiger partial charge in [0.1, 0.15) is 18.2 Å². The molecule has 182 valence electrons. The van der Waals surface area contributed by atoms with Crippen LogP contribution in [0, 0.1) is 0 Å². The van der Waals surface area contributed by atoms with Gasteiger partial charge >= 0.3 is 0 Å². The molecule has 1 aromatic heterocycles. The number of aromatic nitrogens is 1. The number of halogens is 1. The van der Waals surface area contributed by atoms with Crippen LogP contribution in [0.25, 0.3) is 22.4 Å². The predicted octanol–water partition coefficient (Wildman–Crippen LogP) is 6.97. The van der Waals surface area contributed by atoms with Gasteiger partial charge in [-0.2, -0.15) is 0 Å². The summed E-state index contributed by atoms with van der Waals surface area (Å²) < 4.78 is 20.9. The van der Waals surface area contributed by atoms with Crippen LogP contribution in [0.1, 0.15) is 5.69 Å². The highest BCUT2D eigenvalue weighted by atomic mass is 35.5. The van der Waals surface area contributed by atoms with Crippen LogP contribution in [0.3, 0.4) is 0 Å². The number of rotatable bonds is 10. The molecule has 0 bridgehead atoms. The predicted molar refractivity (Wildman–Crippen MR) is 143 cm³/mol. The smallest absolute Gasteiger partial charge is 0.136 e. The van der Waals surface area contributed by atoms with E-state index in [1.807, 2.05) is 36.4 Å². The molecule has 0 fully saturated rings. The molecular formula is C27H35ClN2O3Si. The molecule has 0 amide bonds. The van der Waals surface area contributed by atoms with Crippen molar-refractivity contribution in [1.82, 2.24) is 9.47 Å². The third-order valence-electron chi connectivity index (χ3n) is 5.93. The van der Waals surface area contributed by atoms with E-state index in [4.69, 9.17) is 25.8 Å². The minimum absolute atomic E-state index is 0.459. The highest BCUT2D eigenvalue weighted by molar-refractivity contribution is 6.76. The van der Waals surface area contributed by atoms with Gasteiger partial charge in [0.25, 0.3) is 0 Å². The van der Waals surface area contributed by atoms with Crippen molar-refractivity contribution in [3.05, 3.63) is 59.2 Å². The fraction of sp³-hybridized carbons (Fsp3) is 0.407. The summed E-state index contributed by atoms with van der Waals surface area (Å²) in [6, 6.07) is 17.3. The first kappa shape index (κ1) is 25.0. The van der Waals surface area contributed by atoms with E-state index in [2.05, 4.69) is 55.3 Å². The van der Waals surface area contributed by atoms with E-state index in [0.717, 1.165) is 58.8 Å². The van der Waals surface area contributed by atoms with Gasteiger partial charge < -0.3 is 23.7 Å². The number of fused-ring (bicyclic) bond motifs is 5. The Kier molecular flexibility index (Phi) is 7.85. The lowest BCUT2D eigenvalue weighted by molar-refractivity contribution is 0.0707. The second-order valence-electron chi connectivity index (χ2n) is 10.3. The molecule has 0 aliphatic carbocycles. The SMILES string of the molecule is CN(C)CCOCc1cc2c(n1COCC[Si](C)(C)C)-c1cc(Cl)ccc1Oc1ccccc1-2. The van der Waals surface area contributed by atoms with Crippen molar-refractivity contribution in [1.29, 1.82) is 0 Å². The van der Waals surface area contributed by atoms with Crippen molar-refractivity contribution >= 4 is 19.7 Å². The van der Waals surface area contributed by atoms with Gasteiger partial charge in [0.2, 0.25) is 0 Å². The molecule has 3 aromatic rings. The van der Waals surface area contributed by atoms with E-state index in [-0.39, 0.29) is 0 Å². The number of hydrogen-bond donors (Lipinski definition) is 0. The number of hydrogen-bond acceptors (Lipinski definition) is 4. The molecule has 0 saturated carbocycles. The Hall–Kier alpha value is -2.09. The summed E-state index contributed by atoms with van der Waals surface area (Å²) in [6.45, 7) is 10.4. The molecule has 34 heavy (non-hydrogen) atoms. The van der Waals surface area contributed by atoms with Crippen LogP contribution in [0.4, 0.5) is 0 Å². The Morgan fingerprint density at radius 2 is 1.68 bits per heavy atom. The zero-order chi connectivity index (χ0) is 24.3. The van der Waals surface area contributed by atoms with E-state index in [0.29, 0.717) is 25.0 Å². The van der Waals surface area contributed by atoms with Crippen molar-refractivity contribution in [3.63, 3.8) is 0 Å². The Labute approximate surface area is 209 Å². The summed E-state index contributed by atoms with van der Waals surface area (Å²) >= 11 is 6.46. The second-order valence-corrected chi connectivity index (χ2v) is 16.3. The molecule has 0 radical (unpaired) electrons. The minimum atomic E-state index is -1.18. The third-order valence-corrected chi connectivity index (χ3v) is 7.87. The van der Waals surface area contributed by atoms with Crippen LogP contribution < -0.4 is 4.74 Å². The maximum atomic E-state index is 6.46. The quantitative estimate of drug-likeness (QED) is 0.175. The van der Waals surface area contributed by atoms with Crippen molar-refractivity contribution in [2.45, 2.75) is 39.0 Å². The molecular weight excluding hydrogens is 464 g/mol. The molecule has 0 unspecified atom stereocenters. The lowest BCUT2D eigenvalue weighted by Gasteiger charge is -2.19. The highest BCUT2D eigenvalue weighted by Gasteiger charge is 2.26. The number of nitrogens with zero attached hydrogens (tertiary/aromatic N) is 2. The van der Waals surface area contributed by atoms with E-state index in [1.165, 1.54) is 0 Å². The normalized spacial score (nSPS) is 12.7. The first-order valence-corrected chi connectivity index (χ1v) is 15.9. The minimum Gasteiger partial charge on any atom is -0.456 e. The van der Waals surface area contributed by atoms with E-state index >= 15 is 0 Å². The largest absolute Gasteiger partial charge is 0.456 e. The van der Waals surface area contributed by atoms with E-state index in [9.17, 15) is 0 Å². The molecule has 0 N–H and O–H groups in total. The molecule has 0 spiro atoms. The van der Waals surface area contributed by atoms with Gasteiger partial charge in [-0.3, -0.25) is 0 Å². The maximum absolute atomic E-state index is 6.46. The Morgan fingerprint density at radius 1 is 0.912 bits per heavy atom. The molecule has 5 nitrogen and oxygen atoms in total. The van der Waals surface area contributed by atoms with Crippen molar-refractivity contribution in [2.24, 2.45) is 0 Å². The number of para-hydroxylation sites is 1. The molecule has 1 aliphatic rings. The Bertz CT molecular complexity index is 1140. The number of likely N-dealkylation sites (N-methyl/N-ethyl adjacent to an activating group) is 1. The summed E-state index contributed by atoms with van der Waals surface area (Å²) in [5, 5.41) is 0.676. The van der Waals surface area contributed by atoms with Gasteiger partial charge in [0.15, 0.2) is 0 Å². The van der Waals surface area contributed by atoms with Crippen LogP contribution in [0.15, 0.2) is 48.5 Å². The Morgan fingerprint density at radius 3 is 2.44 bits per heavy atom. The standard InChI is InChI=1S/C27H35ClN2O3Si/c1-29(2)12-13-31-18-21-17-23-22-8-6-7-9-25(22)33-26-11-10-20(28)16-24(26)27(23)30(21)19-32-14-15-34(3,4)5/h6-11,16-17H,12-15,18-19H2,1-5H3. The zero-order valence-corrected chi connectivity index (χ0v) is 22.6. The van der Waals surface area contributed by atoms with Gasteiger partial charge in [0, 0.05) is 48.6 Å². The zero-order valence-electron chi connectivity index (χ0n) is 20.9. The van der Waals surface area contributed by atoms with Gasteiger partial charge in [-0.15, -0.1) is 0 Å². The lowest BCUT2D eigenvalue weighted by atomic mass is 10.0. The Balaban J connectivity index is 1.76. The summed E-state index contributed by atoms with van der Waals surface area (Å²) in [5.41, 5.74) is 5.27. The topological polar surface area (TPSA) is 35.9 Å². The second kappa shape index (κ2) is 10.7. The first-order valence-electron chi connectivity index (χ1n) is 11.8. The van der Waals surface area contributed by atoms with E-state index < -0.39 is 8.07 Å². The number of ether oxygens (including phenoxy) is 3. The molecule has 2 heterocycles. The highest BCUT2D eigenvalue weighted by Crippen LogP contribution is 2.48. The van der Waals surface area contributed by atoms with Crippen LogP contribution >= 0.6 is 11.6 Å². The molecule has 2 aromatic carbocycles. The average molecular weight is 499 g/mol. The van der Waals surface area contributed by atoms with Gasteiger partial charge in [-0.05, 0) is 50.5 Å². The fourth-order valence-electron chi connectivity index (χ4n) is 4.00. The fourth-order valence-corrected chi connectivity index (χ4v) is 4.92. The molecule has 7 heteroatoms. The van der Waals surface area contributed by atoms with Crippen LogP contribution in [-0.4, -0.2) is 51.4 Å². The lowest BCUT2D eigenvalue weighted by Crippen LogP contribution is -2.22.